The molecule has 0 aliphatic carbocycles. The van der Waals surface area contributed by atoms with Crippen molar-refractivity contribution in [3.63, 3.8) is 0 Å². The number of carbonyl (C=O) groups is 3. The van der Waals surface area contributed by atoms with Gasteiger partial charge in [-0.05, 0) is 86.8 Å². The van der Waals surface area contributed by atoms with Crippen molar-refractivity contribution in [3.05, 3.63) is 58.2 Å². The van der Waals surface area contributed by atoms with E-state index in [2.05, 4.69) is 37.9 Å². The maximum atomic E-state index is 13.1. The summed E-state index contributed by atoms with van der Waals surface area (Å²) in [6.45, 7) is 9.21. The molecule has 4 rings (SSSR count). The van der Waals surface area contributed by atoms with Crippen LogP contribution in [-0.4, -0.2) is 47.7 Å². The lowest BCUT2D eigenvalue weighted by molar-refractivity contribution is -0.127. The van der Waals surface area contributed by atoms with Gasteiger partial charge < -0.3 is 15.0 Å². The van der Waals surface area contributed by atoms with Gasteiger partial charge in [-0.1, -0.05) is 6.92 Å². The second-order valence-electron chi connectivity index (χ2n) is 9.64. The summed E-state index contributed by atoms with van der Waals surface area (Å²) in [6, 6.07) is 9.28. The lowest BCUT2D eigenvalue weighted by Gasteiger charge is -2.47. The number of methoxy groups -OCH3 is 1. The van der Waals surface area contributed by atoms with Crippen molar-refractivity contribution in [1.82, 2.24) is 4.90 Å². The fraction of sp³-hybridized carbons (Fsp3) is 0.370. The molecule has 9 heteroatoms. The zero-order chi connectivity index (χ0) is 26.2. The van der Waals surface area contributed by atoms with Crippen LogP contribution >= 0.6 is 11.8 Å². The Morgan fingerprint density at radius 1 is 1.25 bits per heavy atom. The normalized spacial score (nSPS) is 20.1. The molecule has 0 bridgehead atoms. The quantitative estimate of drug-likeness (QED) is 0.507. The summed E-state index contributed by atoms with van der Waals surface area (Å²) < 4.78 is 18.8. The van der Waals surface area contributed by atoms with E-state index in [1.54, 1.807) is 13.2 Å². The molecular weight excluding hydrogens is 481 g/mol. The summed E-state index contributed by atoms with van der Waals surface area (Å²) in [5, 5.41) is 2.05. The number of thioether (sulfide) groups is 1. The second kappa shape index (κ2) is 9.97. The molecule has 190 valence electrons. The third kappa shape index (κ3) is 4.97. The van der Waals surface area contributed by atoms with Gasteiger partial charge in [0, 0.05) is 35.1 Å². The maximum absolute atomic E-state index is 13.1. The molecule has 2 heterocycles. The molecular formula is C27H30FN3O4S. The molecule has 3 amide bonds. The molecule has 1 unspecified atom stereocenters. The molecule has 2 aromatic rings. The number of nitrogens with one attached hydrogen (secondary N) is 1. The van der Waals surface area contributed by atoms with Gasteiger partial charge in [0.05, 0.1) is 12.0 Å². The van der Waals surface area contributed by atoms with Crippen molar-refractivity contribution in [2.45, 2.75) is 45.6 Å². The Morgan fingerprint density at radius 3 is 2.58 bits per heavy atom. The van der Waals surface area contributed by atoms with Crippen LogP contribution in [0.15, 0.2) is 41.3 Å². The number of halogens is 1. The number of hydrogen-bond acceptors (Lipinski definition) is 6. The van der Waals surface area contributed by atoms with Crippen LogP contribution < -0.4 is 15.0 Å². The molecule has 1 atom stereocenters. The van der Waals surface area contributed by atoms with Gasteiger partial charge in [-0.3, -0.25) is 19.3 Å². The molecule has 7 nitrogen and oxygen atoms in total. The SMILES string of the molecule is CCN1c2cc(OC)c(/C=C3/SC(=O)N(CC(=O)Nc4ccc(F)cc4)C3=O)cc2C(C)CC1(C)C. The van der Waals surface area contributed by atoms with E-state index in [0.29, 0.717) is 22.9 Å². The predicted molar refractivity (Wildman–Crippen MR) is 141 cm³/mol. The minimum absolute atomic E-state index is 0.00480. The third-order valence-electron chi connectivity index (χ3n) is 6.64. The Morgan fingerprint density at radius 2 is 1.94 bits per heavy atom. The van der Waals surface area contributed by atoms with E-state index in [1.807, 2.05) is 12.1 Å². The number of amides is 3. The average Bonchev–Trinajstić information content (AvgIpc) is 3.07. The first kappa shape index (κ1) is 25.8. The number of nitrogens with zero attached hydrogens (tertiary/aromatic N) is 2. The van der Waals surface area contributed by atoms with E-state index >= 15 is 0 Å². The zero-order valence-corrected chi connectivity index (χ0v) is 21.9. The van der Waals surface area contributed by atoms with E-state index in [9.17, 15) is 18.8 Å². The molecule has 0 radical (unpaired) electrons. The number of ether oxygens (including phenoxy) is 1. The summed E-state index contributed by atoms with van der Waals surface area (Å²) in [5.74, 6) is -0.600. The lowest BCUT2D eigenvalue weighted by atomic mass is 9.79. The first-order valence-corrected chi connectivity index (χ1v) is 12.7. The molecule has 2 aromatic carbocycles. The summed E-state index contributed by atoms with van der Waals surface area (Å²) in [6.07, 6.45) is 2.64. The van der Waals surface area contributed by atoms with E-state index in [4.69, 9.17) is 4.74 Å². The minimum atomic E-state index is -0.549. The topological polar surface area (TPSA) is 79.0 Å². The number of anilines is 2. The van der Waals surface area contributed by atoms with Crippen LogP contribution in [-0.2, 0) is 9.59 Å². The van der Waals surface area contributed by atoms with Gasteiger partial charge in [-0.15, -0.1) is 0 Å². The van der Waals surface area contributed by atoms with E-state index in [0.717, 1.165) is 35.3 Å². The first-order valence-electron chi connectivity index (χ1n) is 11.8. The highest BCUT2D eigenvalue weighted by Crippen LogP contribution is 2.46. The standard InChI is InChI=1S/C27H30FN3O4S/c1-6-31-21-13-22(35-5)17(11-20(21)16(2)14-27(31,3)4)12-23-25(33)30(26(34)36-23)15-24(32)29-19-9-7-18(28)8-10-19/h7-13,16H,6,14-15H2,1-5H3,(H,29,32)/b23-12+. The lowest BCUT2D eigenvalue weighted by Crippen LogP contribution is -2.48. The Kier molecular flexibility index (Phi) is 7.13. The molecule has 1 fully saturated rings. The predicted octanol–water partition coefficient (Wildman–Crippen LogP) is 5.62. The Hall–Kier alpha value is -3.33. The Balaban J connectivity index is 1.58. The first-order chi connectivity index (χ1) is 17.0. The Labute approximate surface area is 214 Å². The number of hydrogen-bond donors (Lipinski definition) is 1. The fourth-order valence-corrected chi connectivity index (χ4v) is 5.90. The van der Waals surface area contributed by atoms with Crippen LogP contribution in [0.2, 0.25) is 0 Å². The van der Waals surface area contributed by atoms with Crippen molar-refractivity contribution in [3.8, 4) is 5.75 Å². The molecule has 2 aliphatic heterocycles. The highest BCUT2D eigenvalue weighted by Gasteiger charge is 2.38. The largest absolute Gasteiger partial charge is 0.496 e. The summed E-state index contributed by atoms with van der Waals surface area (Å²) in [5.41, 5.74) is 3.37. The molecule has 0 aromatic heterocycles. The van der Waals surface area contributed by atoms with Crippen LogP contribution in [0.25, 0.3) is 6.08 Å². The highest BCUT2D eigenvalue weighted by atomic mass is 32.2. The monoisotopic (exact) mass is 511 g/mol. The van der Waals surface area contributed by atoms with Gasteiger partial charge >= 0.3 is 0 Å². The van der Waals surface area contributed by atoms with Crippen LogP contribution in [0.5, 0.6) is 5.75 Å². The minimum Gasteiger partial charge on any atom is -0.496 e. The number of imide groups is 1. The van der Waals surface area contributed by atoms with Crippen molar-refractivity contribution in [2.24, 2.45) is 0 Å². The van der Waals surface area contributed by atoms with Crippen molar-refractivity contribution in [2.75, 3.05) is 30.4 Å². The van der Waals surface area contributed by atoms with Gasteiger partial charge in [0.2, 0.25) is 5.91 Å². The number of carbonyl (C=O) groups excluding carboxylic acids is 3. The van der Waals surface area contributed by atoms with Crippen molar-refractivity contribution >= 4 is 46.3 Å². The summed E-state index contributed by atoms with van der Waals surface area (Å²) >= 11 is 0.792. The third-order valence-corrected chi connectivity index (χ3v) is 7.55. The van der Waals surface area contributed by atoms with E-state index in [1.165, 1.54) is 29.8 Å². The second-order valence-corrected chi connectivity index (χ2v) is 10.6. The number of fused-ring (bicyclic) bond motifs is 1. The van der Waals surface area contributed by atoms with E-state index in [-0.39, 0.29) is 10.4 Å². The molecule has 0 spiro atoms. The number of rotatable bonds is 6. The number of benzene rings is 2. The molecule has 0 saturated carbocycles. The van der Waals surface area contributed by atoms with Gasteiger partial charge in [0.25, 0.3) is 11.1 Å². The van der Waals surface area contributed by atoms with Gasteiger partial charge in [0.1, 0.15) is 18.1 Å². The van der Waals surface area contributed by atoms with Gasteiger partial charge in [-0.2, -0.15) is 0 Å². The molecule has 1 saturated heterocycles. The van der Waals surface area contributed by atoms with Crippen molar-refractivity contribution < 1.29 is 23.5 Å². The smallest absolute Gasteiger partial charge is 0.294 e. The van der Waals surface area contributed by atoms with Crippen LogP contribution in [0, 0.1) is 5.82 Å². The maximum Gasteiger partial charge on any atom is 0.294 e. The zero-order valence-electron chi connectivity index (χ0n) is 21.1. The molecule has 36 heavy (non-hydrogen) atoms. The fourth-order valence-electron chi connectivity index (χ4n) is 5.07. The van der Waals surface area contributed by atoms with Crippen molar-refractivity contribution in [1.29, 1.82) is 0 Å². The van der Waals surface area contributed by atoms with Crippen LogP contribution in [0.4, 0.5) is 20.6 Å². The van der Waals surface area contributed by atoms with Crippen LogP contribution in [0.3, 0.4) is 0 Å². The van der Waals surface area contributed by atoms with Gasteiger partial charge in [-0.25, -0.2) is 4.39 Å². The van der Waals surface area contributed by atoms with Crippen LogP contribution in [0.1, 0.15) is 51.2 Å². The molecule has 2 aliphatic rings. The summed E-state index contributed by atoms with van der Waals surface area (Å²) in [4.78, 5) is 41.5. The summed E-state index contributed by atoms with van der Waals surface area (Å²) in [7, 11) is 1.58. The Bertz CT molecular complexity index is 1240. The van der Waals surface area contributed by atoms with E-state index < -0.39 is 29.4 Å². The van der Waals surface area contributed by atoms with Gasteiger partial charge in [0.15, 0.2) is 0 Å². The molecule has 1 N–H and O–H groups in total. The highest BCUT2D eigenvalue weighted by molar-refractivity contribution is 8.18. The average molecular weight is 512 g/mol.